The van der Waals surface area contributed by atoms with E-state index in [1.807, 2.05) is 12.1 Å². The van der Waals surface area contributed by atoms with Crippen molar-refractivity contribution in [3.05, 3.63) is 70.0 Å². The molecule has 0 saturated carbocycles. The molecule has 0 nitrogen and oxygen atoms in total. The van der Waals surface area contributed by atoms with Gasteiger partial charge in [0, 0.05) is 10.6 Å². The zero-order chi connectivity index (χ0) is 14.5. The second kappa shape index (κ2) is 7.10. The van der Waals surface area contributed by atoms with Crippen molar-refractivity contribution in [3.63, 3.8) is 0 Å². The normalized spacial score (nSPS) is 12.4. The van der Waals surface area contributed by atoms with Gasteiger partial charge in [-0.05, 0) is 42.2 Å². The van der Waals surface area contributed by atoms with Crippen molar-refractivity contribution >= 4 is 23.2 Å². The minimum Gasteiger partial charge on any atom is -0.207 e. The van der Waals surface area contributed by atoms with E-state index in [1.165, 1.54) is 30.5 Å². The minimum atomic E-state index is -0.520. The smallest absolute Gasteiger partial charge is 0.128 e. The first-order valence-corrected chi connectivity index (χ1v) is 7.61. The molecule has 106 valence electrons. The Balaban J connectivity index is 2.20. The number of aryl methyl sites for hydroxylation is 1. The molecule has 0 fully saturated rings. The lowest BCUT2D eigenvalue weighted by Crippen LogP contribution is -1.97. The van der Waals surface area contributed by atoms with Crippen LogP contribution in [0.1, 0.15) is 41.8 Å². The molecule has 0 aliphatic heterocycles. The van der Waals surface area contributed by atoms with E-state index >= 15 is 0 Å². The van der Waals surface area contributed by atoms with Crippen molar-refractivity contribution in [1.82, 2.24) is 0 Å². The molecule has 3 heteroatoms. The Morgan fingerprint density at radius 2 is 1.80 bits per heavy atom. The molecule has 0 aliphatic carbocycles. The number of halogens is 3. The minimum absolute atomic E-state index is 0.329. The molecule has 0 heterocycles. The van der Waals surface area contributed by atoms with Gasteiger partial charge in [0.05, 0.1) is 5.38 Å². The molecule has 2 rings (SSSR count). The van der Waals surface area contributed by atoms with Gasteiger partial charge in [-0.1, -0.05) is 49.2 Å². The zero-order valence-electron chi connectivity index (χ0n) is 11.4. The number of hydrogen-bond acceptors (Lipinski definition) is 0. The summed E-state index contributed by atoms with van der Waals surface area (Å²) in [6.07, 6.45) is 3.41. The summed E-state index contributed by atoms with van der Waals surface area (Å²) >= 11 is 12.3. The third-order valence-corrected chi connectivity index (χ3v) is 4.04. The van der Waals surface area contributed by atoms with E-state index < -0.39 is 5.38 Å². The highest BCUT2D eigenvalue weighted by Gasteiger charge is 2.15. The Hall–Kier alpha value is -1.05. The first-order valence-electron chi connectivity index (χ1n) is 6.79. The van der Waals surface area contributed by atoms with Gasteiger partial charge in [0.15, 0.2) is 0 Å². The van der Waals surface area contributed by atoms with Gasteiger partial charge in [0.2, 0.25) is 0 Å². The molecule has 2 aromatic carbocycles. The average molecular weight is 311 g/mol. The molecule has 0 saturated heterocycles. The van der Waals surface area contributed by atoms with E-state index in [0.717, 1.165) is 12.0 Å². The van der Waals surface area contributed by atoms with Crippen LogP contribution in [0.15, 0.2) is 42.5 Å². The quantitative estimate of drug-likeness (QED) is 0.581. The Bertz CT molecular complexity index is 564. The van der Waals surface area contributed by atoms with E-state index in [0.29, 0.717) is 10.6 Å². The molecule has 2 aromatic rings. The van der Waals surface area contributed by atoms with Crippen LogP contribution in [0, 0.1) is 5.82 Å². The molecule has 0 amide bonds. The molecule has 0 bridgehead atoms. The highest BCUT2D eigenvalue weighted by Crippen LogP contribution is 2.32. The molecule has 0 aliphatic rings. The van der Waals surface area contributed by atoms with Crippen LogP contribution < -0.4 is 0 Å². The first kappa shape index (κ1) is 15.3. The standard InChI is InChI=1S/C17H17Cl2F/c1-2-3-4-12-5-7-13(8-6-12)17(19)15-11-14(18)9-10-16(15)20/h5-11,17H,2-4H2,1H3. The third-order valence-electron chi connectivity index (χ3n) is 3.32. The fraction of sp³-hybridized carbons (Fsp3) is 0.294. The van der Waals surface area contributed by atoms with Crippen LogP contribution in [0.5, 0.6) is 0 Å². The highest BCUT2D eigenvalue weighted by atomic mass is 35.5. The number of hydrogen-bond donors (Lipinski definition) is 0. The van der Waals surface area contributed by atoms with E-state index in [9.17, 15) is 4.39 Å². The molecule has 0 spiro atoms. The summed E-state index contributed by atoms with van der Waals surface area (Å²) in [5.74, 6) is -0.329. The van der Waals surface area contributed by atoms with E-state index in [1.54, 1.807) is 6.07 Å². The largest absolute Gasteiger partial charge is 0.207 e. The lowest BCUT2D eigenvalue weighted by atomic mass is 10.0. The summed E-state index contributed by atoms with van der Waals surface area (Å²) < 4.78 is 13.8. The summed E-state index contributed by atoms with van der Waals surface area (Å²) in [4.78, 5) is 0. The van der Waals surface area contributed by atoms with Crippen LogP contribution >= 0.6 is 23.2 Å². The van der Waals surface area contributed by atoms with E-state index in [2.05, 4.69) is 19.1 Å². The Kier molecular flexibility index (Phi) is 5.45. The van der Waals surface area contributed by atoms with Crippen molar-refractivity contribution in [2.75, 3.05) is 0 Å². The molecule has 20 heavy (non-hydrogen) atoms. The molecule has 1 atom stereocenters. The van der Waals surface area contributed by atoms with Crippen LogP contribution in [0.3, 0.4) is 0 Å². The van der Waals surface area contributed by atoms with Crippen molar-refractivity contribution in [3.8, 4) is 0 Å². The second-order valence-electron chi connectivity index (χ2n) is 4.87. The van der Waals surface area contributed by atoms with Gasteiger partial charge in [0.1, 0.15) is 5.82 Å². The highest BCUT2D eigenvalue weighted by molar-refractivity contribution is 6.30. The van der Waals surface area contributed by atoms with Crippen LogP contribution in [0.2, 0.25) is 5.02 Å². The van der Waals surface area contributed by atoms with Crippen LogP contribution in [-0.4, -0.2) is 0 Å². The summed E-state index contributed by atoms with van der Waals surface area (Å²) in [6.45, 7) is 2.17. The maximum atomic E-state index is 13.8. The van der Waals surface area contributed by atoms with Gasteiger partial charge in [0.25, 0.3) is 0 Å². The molecule has 0 aromatic heterocycles. The summed E-state index contributed by atoms with van der Waals surface area (Å²) in [7, 11) is 0. The Morgan fingerprint density at radius 3 is 2.45 bits per heavy atom. The number of alkyl halides is 1. The van der Waals surface area contributed by atoms with Crippen molar-refractivity contribution in [2.45, 2.75) is 31.6 Å². The summed E-state index contributed by atoms with van der Waals surface area (Å²) in [6, 6.07) is 12.5. The lowest BCUT2D eigenvalue weighted by molar-refractivity contribution is 0.612. The predicted molar refractivity (Wildman–Crippen MR) is 84.2 cm³/mol. The fourth-order valence-corrected chi connectivity index (χ4v) is 2.62. The predicted octanol–water partition coefficient (Wildman–Crippen LogP) is 6.15. The number of benzene rings is 2. The maximum Gasteiger partial charge on any atom is 0.128 e. The van der Waals surface area contributed by atoms with Gasteiger partial charge in [-0.2, -0.15) is 0 Å². The van der Waals surface area contributed by atoms with Crippen LogP contribution in [0.4, 0.5) is 4.39 Å². The molecule has 0 N–H and O–H groups in total. The summed E-state index contributed by atoms with van der Waals surface area (Å²) in [5, 5.41) is -0.0273. The lowest BCUT2D eigenvalue weighted by Gasteiger charge is -2.12. The van der Waals surface area contributed by atoms with Crippen molar-refractivity contribution < 1.29 is 4.39 Å². The van der Waals surface area contributed by atoms with Crippen LogP contribution in [0.25, 0.3) is 0 Å². The van der Waals surface area contributed by atoms with Gasteiger partial charge >= 0.3 is 0 Å². The molecule has 0 radical (unpaired) electrons. The average Bonchev–Trinajstić information content (AvgIpc) is 2.47. The first-order chi connectivity index (χ1) is 9.61. The fourth-order valence-electron chi connectivity index (χ4n) is 2.12. The SMILES string of the molecule is CCCCc1ccc(C(Cl)c2cc(Cl)ccc2F)cc1. The second-order valence-corrected chi connectivity index (χ2v) is 5.75. The van der Waals surface area contributed by atoms with E-state index in [4.69, 9.17) is 23.2 Å². The van der Waals surface area contributed by atoms with Gasteiger partial charge in [-0.25, -0.2) is 4.39 Å². The number of rotatable bonds is 5. The molecular weight excluding hydrogens is 294 g/mol. The monoisotopic (exact) mass is 310 g/mol. The maximum absolute atomic E-state index is 13.8. The zero-order valence-corrected chi connectivity index (χ0v) is 12.9. The van der Waals surface area contributed by atoms with Gasteiger partial charge in [-0.15, -0.1) is 11.6 Å². The van der Waals surface area contributed by atoms with Crippen LogP contribution in [-0.2, 0) is 6.42 Å². The van der Waals surface area contributed by atoms with Crippen molar-refractivity contribution in [2.24, 2.45) is 0 Å². The van der Waals surface area contributed by atoms with Gasteiger partial charge < -0.3 is 0 Å². The number of unbranched alkanes of at least 4 members (excludes halogenated alkanes) is 1. The summed E-state index contributed by atoms with van der Waals surface area (Å²) in [5.41, 5.74) is 2.58. The van der Waals surface area contributed by atoms with E-state index in [-0.39, 0.29) is 5.82 Å². The Labute approximate surface area is 129 Å². The third kappa shape index (κ3) is 3.74. The molecular formula is C17H17Cl2F. The Morgan fingerprint density at radius 1 is 1.10 bits per heavy atom. The topological polar surface area (TPSA) is 0 Å². The molecule has 1 unspecified atom stereocenters. The van der Waals surface area contributed by atoms with Crippen molar-refractivity contribution in [1.29, 1.82) is 0 Å². The van der Waals surface area contributed by atoms with Gasteiger partial charge in [-0.3, -0.25) is 0 Å².